The number of halogens is 1. The van der Waals surface area contributed by atoms with Gasteiger partial charge in [0.1, 0.15) is 5.15 Å². The number of nitrogens with zero attached hydrogens (tertiary/aromatic N) is 2. The van der Waals surface area contributed by atoms with Crippen molar-refractivity contribution in [1.82, 2.24) is 9.88 Å². The maximum atomic E-state index is 12.5. The molecule has 3 nitrogen and oxygen atoms in total. The molecule has 1 aliphatic heterocycles. The highest BCUT2D eigenvalue weighted by Crippen LogP contribution is 2.24. The Balaban J connectivity index is 2.24. The Morgan fingerprint density at radius 3 is 2.94 bits per heavy atom. The molecule has 1 saturated heterocycles. The lowest BCUT2D eigenvalue weighted by Crippen LogP contribution is -2.43. The molecular formula is C14H19ClN2O. The second-order valence-electron chi connectivity index (χ2n) is 4.85. The Morgan fingerprint density at radius 1 is 1.50 bits per heavy atom. The zero-order valence-corrected chi connectivity index (χ0v) is 11.7. The van der Waals surface area contributed by atoms with Crippen LogP contribution in [0.3, 0.4) is 0 Å². The zero-order chi connectivity index (χ0) is 13.1. The summed E-state index contributed by atoms with van der Waals surface area (Å²) in [5, 5.41) is 0.320. The maximum absolute atomic E-state index is 12.5. The number of amides is 1. The molecule has 1 atom stereocenters. The Labute approximate surface area is 113 Å². The summed E-state index contributed by atoms with van der Waals surface area (Å²) >= 11 is 6.08. The van der Waals surface area contributed by atoms with Gasteiger partial charge in [-0.25, -0.2) is 4.98 Å². The summed E-state index contributed by atoms with van der Waals surface area (Å²) in [6.07, 6.45) is 4.39. The largest absolute Gasteiger partial charge is 0.336 e. The normalized spacial score (nSPS) is 19.9. The maximum Gasteiger partial charge on any atom is 0.257 e. The monoisotopic (exact) mass is 266 g/mol. The molecule has 2 rings (SSSR count). The van der Waals surface area contributed by atoms with Crippen LogP contribution < -0.4 is 0 Å². The second kappa shape index (κ2) is 5.70. The van der Waals surface area contributed by atoms with Gasteiger partial charge in [0.2, 0.25) is 0 Å². The number of hydrogen-bond donors (Lipinski definition) is 0. The molecule has 1 aromatic rings. The molecule has 0 aliphatic carbocycles. The van der Waals surface area contributed by atoms with Crippen molar-refractivity contribution in [3.63, 3.8) is 0 Å². The summed E-state index contributed by atoms with van der Waals surface area (Å²) in [6.45, 7) is 4.84. The van der Waals surface area contributed by atoms with E-state index in [2.05, 4.69) is 11.9 Å². The van der Waals surface area contributed by atoms with Crippen LogP contribution in [0.5, 0.6) is 0 Å². The van der Waals surface area contributed by atoms with Crippen molar-refractivity contribution < 1.29 is 4.79 Å². The van der Waals surface area contributed by atoms with Crippen molar-refractivity contribution in [2.45, 2.75) is 45.6 Å². The highest BCUT2D eigenvalue weighted by Gasteiger charge is 2.27. The van der Waals surface area contributed by atoms with Gasteiger partial charge in [0.15, 0.2) is 0 Å². The Bertz CT molecular complexity index is 447. The van der Waals surface area contributed by atoms with Gasteiger partial charge in [-0.2, -0.15) is 0 Å². The molecule has 0 spiro atoms. The molecular weight excluding hydrogens is 248 g/mol. The molecule has 2 heterocycles. The molecule has 1 aromatic heterocycles. The highest BCUT2D eigenvalue weighted by atomic mass is 35.5. The number of pyridine rings is 1. The highest BCUT2D eigenvalue weighted by molar-refractivity contribution is 6.32. The third-order valence-corrected chi connectivity index (χ3v) is 3.87. The fraction of sp³-hybridized carbons (Fsp3) is 0.571. The van der Waals surface area contributed by atoms with Gasteiger partial charge < -0.3 is 4.90 Å². The van der Waals surface area contributed by atoms with Gasteiger partial charge in [0.25, 0.3) is 5.91 Å². The van der Waals surface area contributed by atoms with Crippen molar-refractivity contribution in [3.8, 4) is 0 Å². The molecule has 1 amide bonds. The van der Waals surface area contributed by atoms with E-state index in [1.807, 2.05) is 17.9 Å². The number of piperidine rings is 1. The zero-order valence-electron chi connectivity index (χ0n) is 10.9. The fourth-order valence-corrected chi connectivity index (χ4v) is 2.81. The van der Waals surface area contributed by atoms with Crippen LogP contribution in [0.25, 0.3) is 0 Å². The lowest BCUT2D eigenvalue weighted by molar-refractivity contribution is 0.0608. The van der Waals surface area contributed by atoms with Crippen LogP contribution in [0, 0.1) is 6.92 Å². The average Bonchev–Trinajstić information content (AvgIpc) is 2.38. The van der Waals surface area contributed by atoms with E-state index < -0.39 is 0 Å². The number of carbonyl (C=O) groups is 1. The van der Waals surface area contributed by atoms with E-state index in [0.717, 1.165) is 31.5 Å². The average molecular weight is 267 g/mol. The van der Waals surface area contributed by atoms with Gasteiger partial charge in [0.05, 0.1) is 5.56 Å². The minimum atomic E-state index is 0.0269. The second-order valence-corrected chi connectivity index (χ2v) is 5.21. The predicted octanol–water partition coefficient (Wildman–Crippen LogP) is 3.45. The summed E-state index contributed by atoms with van der Waals surface area (Å²) in [5.41, 5.74) is 1.37. The molecule has 0 unspecified atom stereocenters. The topological polar surface area (TPSA) is 33.2 Å². The standard InChI is InChI=1S/C14H19ClN2O/c1-3-11-6-4-5-9-17(11)14(18)12-8-7-10(2)16-13(12)15/h7-8,11H,3-6,9H2,1-2H3/t11-/m1/s1. The van der Waals surface area contributed by atoms with E-state index in [9.17, 15) is 4.79 Å². The molecule has 0 aromatic carbocycles. The van der Waals surface area contributed by atoms with E-state index in [-0.39, 0.29) is 5.91 Å². The number of aromatic nitrogens is 1. The van der Waals surface area contributed by atoms with Crippen molar-refractivity contribution >= 4 is 17.5 Å². The third kappa shape index (κ3) is 2.66. The number of carbonyl (C=O) groups excluding carboxylic acids is 1. The fourth-order valence-electron chi connectivity index (χ4n) is 2.53. The summed E-state index contributed by atoms with van der Waals surface area (Å²) < 4.78 is 0. The first-order valence-electron chi connectivity index (χ1n) is 6.57. The number of aryl methyl sites for hydroxylation is 1. The van der Waals surface area contributed by atoms with E-state index >= 15 is 0 Å². The van der Waals surface area contributed by atoms with Gasteiger partial charge in [0, 0.05) is 18.3 Å². The van der Waals surface area contributed by atoms with Crippen LogP contribution in [0.15, 0.2) is 12.1 Å². The lowest BCUT2D eigenvalue weighted by Gasteiger charge is -2.35. The minimum absolute atomic E-state index is 0.0269. The molecule has 4 heteroatoms. The van der Waals surface area contributed by atoms with E-state index in [4.69, 9.17) is 11.6 Å². The first kappa shape index (κ1) is 13.3. The summed E-state index contributed by atoms with van der Waals surface area (Å²) in [4.78, 5) is 18.6. The number of likely N-dealkylation sites (tertiary alicyclic amines) is 1. The van der Waals surface area contributed by atoms with Gasteiger partial charge in [-0.1, -0.05) is 18.5 Å². The van der Waals surface area contributed by atoms with Crippen LogP contribution in [0.1, 0.15) is 48.7 Å². The van der Waals surface area contributed by atoms with Crippen LogP contribution >= 0.6 is 11.6 Å². The number of rotatable bonds is 2. The molecule has 0 N–H and O–H groups in total. The first-order chi connectivity index (χ1) is 8.63. The SMILES string of the molecule is CC[C@@H]1CCCCN1C(=O)c1ccc(C)nc1Cl. The van der Waals surface area contributed by atoms with Crippen molar-refractivity contribution in [2.75, 3.05) is 6.54 Å². The van der Waals surface area contributed by atoms with Gasteiger partial charge in [-0.15, -0.1) is 0 Å². The molecule has 98 valence electrons. The summed E-state index contributed by atoms with van der Waals surface area (Å²) in [6, 6.07) is 3.97. The van der Waals surface area contributed by atoms with Crippen LogP contribution in [-0.2, 0) is 0 Å². The van der Waals surface area contributed by atoms with Crippen LogP contribution in [0.2, 0.25) is 5.15 Å². The van der Waals surface area contributed by atoms with E-state index in [1.54, 1.807) is 6.07 Å². The Kier molecular flexibility index (Phi) is 4.23. The Morgan fingerprint density at radius 2 is 2.28 bits per heavy atom. The molecule has 0 saturated carbocycles. The Hall–Kier alpha value is -1.09. The molecule has 0 bridgehead atoms. The van der Waals surface area contributed by atoms with Gasteiger partial charge in [-0.05, 0) is 44.7 Å². The molecule has 18 heavy (non-hydrogen) atoms. The quantitative estimate of drug-likeness (QED) is 0.768. The predicted molar refractivity (Wildman–Crippen MR) is 73.0 cm³/mol. The summed E-state index contributed by atoms with van der Waals surface area (Å²) in [5.74, 6) is 0.0269. The number of hydrogen-bond acceptors (Lipinski definition) is 2. The van der Waals surface area contributed by atoms with Crippen molar-refractivity contribution in [3.05, 3.63) is 28.5 Å². The molecule has 1 aliphatic rings. The minimum Gasteiger partial charge on any atom is -0.336 e. The van der Waals surface area contributed by atoms with Crippen LogP contribution in [-0.4, -0.2) is 28.4 Å². The lowest BCUT2D eigenvalue weighted by atomic mass is 9.99. The van der Waals surface area contributed by atoms with Gasteiger partial charge in [-0.3, -0.25) is 4.79 Å². The van der Waals surface area contributed by atoms with Gasteiger partial charge >= 0.3 is 0 Å². The van der Waals surface area contributed by atoms with E-state index in [1.165, 1.54) is 6.42 Å². The molecule has 0 radical (unpaired) electrons. The van der Waals surface area contributed by atoms with Crippen LogP contribution in [0.4, 0.5) is 0 Å². The molecule has 1 fully saturated rings. The van der Waals surface area contributed by atoms with Crippen molar-refractivity contribution in [1.29, 1.82) is 0 Å². The first-order valence-corrected chi connectivity index (χ1v) is 6.95. The van der Waals surface area contributed by atoms with E-state index in [0.29, 0.717) is 16.8 Å². The summed E-state index contributed by atoms with van der Waals surface area (Å²) in [7, 11) is 0. The van der Waals surface area contributed by atoms with Crippen molar-refractivity contribution in [2.24, 2.45) is 0 Å². The third-order valence-electron chi connectivity index (χ3n) is 3.58. The smallest absolute Gasteiger partial charge is 0.257 e.